The summed E-state index contributed by atoms with van der Waals surface area (Å²) in [5.41, 5.74) is 6.70. The van der Waals surface area contributed by atoms with Crippen molar-refractivity contribution in [3.05, 3.63) is 72.3 Å². The average molecular weight is 302 g/mol. The van der Waals surface area contributed by atoms with Gasteiger partial charge in [0.25, 0.3) is 5.91 Å². The molecule has 1 N–H and O–H groups in total. The fourth-order valence-electron chi connectivity index (χ4n) is 3.30. The maximum atomic E-state index is 12.2. The van der Waals surface area contributed by atoms with E-state index >= 15 is 0 Å². The van der Waals surface area contributed by atoms with Crippen molar-refractivity contribution in [2.24, 2.45) is 16.9 Å². The van der Waals surface area contributed by atoms with Crippen LogP contribution in [0.3, 0.4) is 0 Å². The minimum atomic E-state index is -0.147. The van der Waals surface area contributed by atoms with Gasteiger partial charge in [-0.15, -0.1) is 0 Å². The van der Waals surface area contributed by atoms with Crippen LogP contribution in [0.2, 0.25) is 0 Å². The number of amides is 1. The number of nitrogens with one attached hydrogen (secondary N) is 1. The van der Waals surface area contributed by atoms with Gasteiger partial charge in [-0.25, -0.2) is 5.43 Å². The second-order valence-electron chi connectivity index (χ2n) is 6.13. The fraction of sp³-hybridized carbons (Fsp3) is 0.200. The van der Waals surface area contributed by atoms with Crippen LogP contribution in [0.5, 0.6) is 0 Å². The van der Waals surface area contributed by atoms with Gasteiger partial charge in [0.05, 0.1) is 0 Å². The van der Waals surface area contributed by atoms with E-state index < -0.39 is 0 Å². The Balaban J connectivity index is 1.42. The monoisotopic (exact) mass is 302 g/mol. The number of rotatable bonds is 3. The summed E-state index contributed by atoms with van der Waals surface area (Å²) in [6.45, 7) is 0. The van der Waals surface area contributed by atoms with E-state index in [0.29, 0.717) is 17.4 Å². The Morgan fingerprint density at radius 1 is 1.00 bits per heavy atom. The van der Waals surface area contributed by atoms with Crippen LogP contribution in [0.25, 0.3) is 11.1 Å². The van der Waals surface area contributed by atoms with Crippen molar-refractivity contribution >= 4 is 11.6 Å². The molecule has 0 heterocycles. The lowest BCUT2D eigenvalue weighted by molar-refractivity contribution is 0.0954. The molecule has 0 bridgehead atoms. The molecule has 3 heteroatoms. The van der Waals surface area contributed by atoms with E-state index in [1.165, 1.54) is 0 Å². The van der Waals surface area contributed by atoms with Crippen LogP contribution in [-0.4, -0.2) is 11.6 Å². The van der Waals surface area contributed by atoms with Gasteiger partial charge in [-0.1, -0.05) is 54.6 Å². The third kappa shape index (κ3) is 2.70. The van der Waals surface area contributed by atoms with Crippen LogP contribution in [0.1, 0.15) is 23.2 Å². The lowest BCUT2D eigenvalue weighted by atomic mass is 9.74. The molecule has 2 aliphatic rings. The molecular formula is C20H18N2O. The van der Waals surface area contributed by atoms with E-state index in [9.17, 15) is 4.79 Å². The Labute approximate surface area is 135 Å². The maximum Gasteiger partial charge on any atom is 0.271 e. The maximum absolute atomic E-state index is 12.2. The van der Waals surface area contributed by atoms with Gasteiger partial charge in [0.15, 0.2) is 0 Å². The van der Waals surface area contributed by atoms with Gasteiger partial charge in [0.2, 0.25) is 0 Å². The standard InChI is InChI=1S/C20H18N2O/c23-20(22-21-19-13-17-7-4-8-18(17)19)16-11-9-15(10-12-16)14-5-2-1-3-6-14/h1-7,9-12,17-18H,8,13H2,(H,22,23)/b21-19-. The Hall–Kier alpha value is -2.68. The minimum Gasteiger partial charge on any atom is -0.267 e. The van der Waals surface area contributed by atoms with Gasteiger partial charge in [0.1, 0.15) is 0 Å². The number of hydrogen-bond acceptors (Lipinski definition) is 2. The molecule has 2 unspecified atom stereocenters. The van der Waals surface area contributed by atoms with Gasteiger partial charge < -0.3 is 0 Å². The molecule has 2 aromatic carbocycles. The van der Waals surface area contributed by atoms with E-state index in [1.807, 2.05) is 42.5 Å². The Morgan fingerprint density at radius 2 is 1.74 bits per heavy atom. The zero-order valence-corrected chi connectivity index (χ0v) is 12.8. The lowest BCUT2D eigenvalue weighted by Crippen LogP contribution is -2.35. The van der Waals surface area contributed by atoms with E-state index in [-0.39, 0.29) is 5.91 Å². The van der Waals surface area contributed by atoms with E-state index in [1.54, 1.807) is 0 Å². The predicted molar refractivity (Wildman–Crippen MR) is 92.1 cm³/mol. The van der Waals surface area contributed by atoms with Gasteiger partial charge in [-0.05, 0) is 42.0 Å². The van der Waals surface area contributed by atoms with E-state index in [2.05, 4.69) is 34.8 Å². The van der Waals surface area contributed by atoms with Crippen LogP contribution in [0.15, 0.2) is 71.9 Å². The SMILES string of the molecule is O=C(N/N=C1/CC2C=CCC12)c1ccc(-c2ccccc2)cc1. The van der Waals surface area contributed by atoms with Gasteiger partial charge in [0, 0.05) is 17.2 Å². The molecule has 0 aromatic heterocycles. The molecule has 2 aromatic rings. The molecule has 1 amide bonds. The van der Waals surface area contributed by atoms with Crippen molar-refractivity contribution in [1.29, 1.82) is 0 Å². The number of allylic oxidation sites excluding steroid dienone is 2. The van der Waals surface area contributed by atoms with Gasteiger partial charge in [-0.2, -0.15) is 5.10 Å². The van der Waals surface area contributed by atoms with Crippen LogP contribution >= 0.6 is 0 Å². The summed E-state index contributed by atoms with van der Waals surface area (Å²) >= 11 is 0. The van der Waals surface area contributed by atoms with Crippen LogP contribution < -0.4 is 5.43 Å². The van der Waals surface area contributed by atoms with Crippen molar-refractivity contribution in [2.45, 2.75) is 12.8 Å². The van der Waals surface area contributed by atoms with E-state index in [0.717, 1.165) is 29.7 Å². The van der Waals surface area contributed by atoms with Crippen LogP contribution in [0, 0.1) is 11.8 Å². The highest BCUT2D eigenvalue weighted by Gasteiger charge is 2.37. The number of benzene rings is 2. The number of hydrazone groups is 1. The second kappa shape index (κ2) is 5.84. The molecule has 1 fully saturated rings. The highest BCUT2D eigenvalue weighted by molar-refractivity contribution is 5.98. The highest BCUT2D eigenvalue weighted by Crippen LogP contribution is 2.40. The molecule has 0 saturated heterocycles. The first-order valence-electron chi connectivity index (χ1n) is 8.00. The van der Waals surface area contributed by atoms with Gasteiger partial charge in [-0.3, -0.25) is 4.79 Å². The summed E-state index contributed by atoms with van der Waals surface area (Å²) in [7, 11) is 0. The van der Waals surface area contributed by atoms with Crippen molar-refractivity contribution in [1.82, 2.24) is 5.43 Å². The summed E-state index contributed by atoms with van der Waals surface area (Å²) in [6, 6.07) is 17.8. The summed E-state index contributed by atoms with van der Waals surface area (Å²) in [5, 5.41) is 4.31. The Bertz CT molecular complexity index is 775. The Kier molecular flexibility index (Phi) is 3.54. The largest absolute Gasteiger partial charge is 0.271 e. The molecule has 2 atom stereocenters. The third-order valence-corrected chi connectivity index (χ3v) is 4.72. The highest BCUT2D eigenvalue weighted by atomic mass is 16.2. The number of fused-ring (bicyclic) bond motifs is 1. The quantitative estimate of drug-likeness (QED) is 0.675. The molecule has 4 rings (SSSR count). The summed E-state index contributed by atoms with van der Waals surface area (Å²) in [4.78, 5) is 12.2. The minimum absolute atomic E-state index is 0.147. The molecule has 2 aliphatic carbocycles. The van der Waals surface area contributed by atoms with Gasteiger partial charge >= 0.3 is 0 Å². The first-order valence-corrected chi connectivity index (χ1v) is 8.00. The van der Waals surface area contributed by atoms with Crippen LogP contribution in [0.4, 0.5) is 0 Å². The predicted octanol–water partition coefficient (Wildman–Crippen LogP) is 4.04. The molecule has 1 saturated carbocycles. The zero-order chi connectivity index (χ0) is 15.6. The molecule has 3 nitrogen and oxygen atoms in total. The normalized spacial score (nSPS) is 23.4. The number of carbonyl (C=O) groups excluding carboxylic acids is 1. The van der Waals surface area contributed by atoms with Crippen molar-refractivity contribution in [2.75, 3.05) is 0 Å². The Morgan fingerprint density at radius 3 is 2.48 bits per heavy atom. The molecule has 0 spiro atoms. The number of carbonyl (C=O) groups is 1. The average Bonchev–Trinajstić information content (AvgIpc) is 2.97. The molecule has 114 valence electrons. The number of hydrogen-bond donors (Lipinski definition) is 1. The summed E-state index contributed by atoms with van der Waals surface area (Å²) in [6.07, 6.45) is 6.51. The third-order valence-electron chi connectivity index (χ3n) is 4.72. The first kappa shape index (κ1) is 13.9. The summed E-state index contributed by atoms with van der Waals surface area (Å²) in [5.74, 6) is 1.03. The topological polar surface area (TPSA) is 41.5 Å². The van der Waals surface area contributed by atoms with Crippen molar-refractivity contribution in [3.8, 4) is 11.1 Å². The second-order valence-corrected chi connectivity index (χ2v) is 6.13. The molecule has 0 aliphatic heterocycles. The molecule has 23 heavy (non-hydrogen) atoms. The fourth-order valence-corrected chi connectivity index (χ4v) is 3.30. The van der Waals surface area contributed by atoms with Crippen molar-refractivity contribution in [3.63, 3.8) is 0 Å². The zero-order valence-electron chi connectivity index (χ0n) is 12.8. The lowest BCUT2D eigenvalue weighted by Gasteiger charge is -2.31. The summed E-state index contributed by atoms with van der Waals surface area (Å²) < 4.78 is 0. The molecule has 0 radical (unpaired) electrons. The van der Waals surface area contributed by atoms with Crippen molar-refractivity contribution < 1.29 is 4.79 Å². The number of nitrogens with zero attached hydrogens (tertiary/aromatic N) is 1. The van der Waals surface area contributed by atoms with Crippen LogP contribution in [-0.2, 0) is 0 Å². The smallest absolute Gasteiger partial charge is 0.267 e. The van der Waals surface area contributed by atoms with E-state index in [4.69, 9.17) is 0 Å². The first-order chi connectivity index (χ1) is 11.3. The molecular weight excluding hydrogens is 284 g/mol.